The summed E-state index contributed by atoms with van der Waals surface area (Å²) in [5, 5.41) is 0. The second-order valence-corrected chi connectivity index (χ2v) is 6.74. The highest BCUT2D eigenvalue weighted by atomic mass is 15.2. The van der Waals surface area contributed by atoms with Crippen molar-refractivity contribution in [2.75, 3.05) is 39.3 Å². The predicted octanol–water partition coefficient (Wildman–Crippen LogP) is 2.31. The van der Waals surface area contributed by atoms with Crippen LogP contribution in [0, 0.1) is 5.92 Å². The fraction of sp³-hybridized carbons (Fsp3) is 1.00. The molecule has 19 heavy (non-hydrogen) atoms. The first-order valence-corrected chi connectivity index (χ1v) is 8.37. The molecule has 3 heteroatoms. The minimum atomic E-state index is 0.300. The van der Waals surface area contributed by atoms with Gasteiger partial charge in [0, 0.05) is 12.1 Å². The molecule has 112 valence electrons. The maximum atomic E-state index is 6.25. The molecule has 2 unspecified atom stereocenters. The zero-order valence-electron chi connectivity index (χ0n) is 13.0. The lowest BCUT2D eigenvalue weighted by molar-refractivity contribution is 0.0807. The van der Waals surface area contributed by atoms with Crippen molar-refractivity contribution in [2.24, 2.45) is 11.7 Å². The van der Waals surface area contributed by atoms with Gasteiger partial charge < -0.3 is 10.6 Å². The molecule has 0 aromatic heterocycles. The minimum Gasteiger partial charge on any atom is -0.329 e. The molecule has 2 aliphatic rings. The van der Waals surface area contributed by atoms with Crippen LogP contribution in [0.25, 0.3) is 0 Å². The third-order valence-electron chi connectivity index (χ3n) is 5.52. The van der Waals surface area contributed by atoms with Crippen molar-refractivity contribution in [3.05, 3.63) is 0 Å². The average Bonchev–Trinajstić information content (AvgIpc) is 2.77. The predicted molar refractivity (Wildman–Crippen MR) is 82.3 cm³/mol. The van der Waals surface area contributed by atoms with Crippen molar-refractivity contribution in [3.63, 3.8) is 0 Å². The van der Waals surface area contributed by atoms with Gasteiger partial charge in [-0.05, 0) is 77.2 Å². The van der Waals surface area contributed by atoms with Gasteiger partial charge in [-0.15, -0.1) is 0 Å². The van der Waals surface area contributed by atoms with Gasteiger partial charge in [0.2, 0.25) is 0 Å². The van der Waals surface area contributed by atoms with Crippen LogP contribution in [0.4, 0.5) is 0 Å². The first kappa shape index (κ1) is 15.3. The fourth-order valence-corrected chi connectivity index (χ4v) is 3.94. The van der Waals surface area contributed by atoms with Crippen LogP contribution in [0.1, 0.15) is 52.4 Å². The minimum absolute atomic E-state index is 0.300. The smallest absolute Gasteiger partial charge is 0.0344 e. The van der Waals surface area contributed by atoms with Crippen LogP contribution in [0.15, 0.2) is 0 Å². The van der Waals surface area contributed by atoms with E-state index in [0.717, 1.165) is 12.5 Å². The standard InChI is InChI=1S/C16H33N3/c1-3-18-10-5-8-16(14-17,9-13-18)19-11-4-6-15(2)7-12-19/h15H,3-14,17H2,1-2H3. The number of nitrogens with zero attached hydrogens (tertiary/aromatic N) is 2. The largest absolute Gasteiger partial charge is 0.329 e. The maximum Gasteiger partial charge on any atom is 0.0344 e. The number of rotatable bonds is 3. The van der Waals surface area contributed by atoms with Crippen molar-refractivity contribution >= 4 is 0 Å². The lowest BCUT2D eigenvalue weighted by atomic mass is 9.88. The van der Waals surface area contributed by atoms with E-state index in [4.69, 9.17) is 5.73 Å². The highest BCUT2D eigenvalue weighted by molar-refractivity contribution is 4.95. The second-order valence-electron chi connectivity index (χ2n) is 6.74. The van der Waals surface area contributed by atoms with E-state index in [1.54, 1.807) is 0 Å². The first-order valence-electron chi connectivity index (χ1n) is 8.37. The van der Waals surface area contributed by atoms with Crippen LogP contribution in [-0.4, -0.2) is 54.6 Å². The third kappa shape index (κ3) is 3.71. The Morgan fingerprint density at radius 1 is 1.05 bits per heavy atom. The van der Waals surface area contributed by atoms with E-state index in [2.05, 4.69) is 23.6 Å². The van der Waals surface area contributed by atoms with Crippen molar-refractivity contribution in [1.82, 2.24) is 9.80 Å². The average molecular weight is 267 g/mol. The fourth-order valence-electron chi connectivity index (χ4n) is 3.94. The topological polar surface area (TPSA) is 32.5 Å². The lowest BCUT2D eigenvalue weighted by Crippen LogP contribution is -2.54. The van der Waals surface area contributed by atoms with Crippen LogP contribution in [-0.2, 0) is 0 Å². The van der Waals surface area contributed by atoms with Crippen molar-refractivity contribution in [1.29, 1.82) is 0 Å². The Morgan fingerprint density at radius 2 is 1.89 bits per heavy atom. The molecule has 2 rings (SSSR count). The summed E-state index contributed by atoms with van der Waals surface area (Å²) in [5.74, 6) is 0.901. The molecule has 0 bridgehead atoms. The molecule has 2 heterocycles. The number of likely N-dealkylation sites (tertiary alicyclic amines) is 2. The summed E-state index contributed by atoms with van der Waals surface area (Å²) in [4.78, 5) is 5.35. The van der Waals surface area contributed by atoms with E-state index in [0.29, 0.717) is 5.54 Å². The second kappa shape index (κ2) is 7.05. The Bertz CT molecular complexity index is 269. The van der Waals surface area contributed by atoms with Crippen molar-refractivity contribution < 1.29 is 0 Å². The molecule has 0 spiro atoms. The van der Waals surface area contributed by atoms with Crippen LogP contribution >= 0.6 is 0 Å². The Morgan fingerprint density at radius 3 is 2.63 bits per heavy atom. The van der Waals surface area contributed by atoms with Gasteiger partial charge in [-0.25, -0.2) is 0 Å². The molecule has 0 aromatic rings. The van der Waals surface area contributed by atoms with Crippen LogP contribution in [0.2, 0.25) is 0 Å². The highest BCUT2D eigenvalue weighted by Gasteiger charge is 2.37. The molecule has 0 aromatic carbocycles. The lowest BCUT2D eigenvalue weighted by Gasteiger charge is -2.43. The molecule has 0 saturated carbocycles. The summed E-state index contributed by atoms with van der Waals surface area (Å²) in [7, 11) is 0. The SMILES string of the molecule is CCN1CCCC(CN)(N2CCCC(C)CC2)CC1. The molecule has 2 fully saturated rings. The van der Waals surface area contributed by atoms with Gasteiger partial charge >= 0.3 is 0 Å². The zero-order valence-corrected chi connectivity index (χ0v) is 13.0. The molecule has 2 atom stereocenters. The quantitative estimate of drug-likeness (QED) is 0.852. The summed E-state index contributed by atoms with van der Waals surface area (Å²) in [6.45, 7) is 11.8. The number of hydrogen-bond acceptors (Lipinski definition) is 3. The maximum absolute atomic E-state index is 6.25. The molecule has 0 aliphatic carbocycles. The molecule has 0 amide bonds. The number of nitrogens with two attached hydrogens (primary N) is 1. The van der Waals surface area contributed by atoms with E-state index in [1.165, 1.54) is 71.2 Å². The summed E-state index contributed by atoms with van der Waals surface area (Å²) in [6.07, 6.45) is 8.01. The van der Waals surface area contributed by atoms with Gasteiger partial charge in [0.05, 0.1) is 0 Å². The Labute approximate surface area is 119 Å². The summed E-state index contributed by atoms with van der Waals surface area (Å²) in [5.41, 5.74) is 6.55. The molecular formula is C16H33N3. The summed E-state index contributed by atoms with van der Waals surface area (Å²) in [6, 6.07) is 0. The summed E-state index contributed by atoms with van der Waals surface area (Å²) >= 11 is 0. The molecule has 0 radical (unpaired) electrons. The zero-order chi connectivity index (χ0) is 13.7. The van der Waals surface area contributed by atoms with Gasteiger partial charge in [0.25, 0.3) is 0 Å². The molecule has 3 nitrogen and oxygen atoms in total. The van der Waals surface area contributed by atoms with E-state index in [-0.39, 0.29) is 0 Å². The van der Waals surface area contributed by atoms with Crippen molar-refractivity contribution in [2.45, 2.75) is 57.9 Å². The van der Waals surface area contributed by atoms with Crippen LogP contribution in [0.3, 0.4) is 0 Å². The van der Waals surface area contributed by atoms with E-state index < -0.39 is 0 Å². The van der Waals surface area contributed by atoms with Gasteiger partial charge in [-0.1, -0.05) is 13.8 Å². The Balaban J connectivity index is 2.03. The molecular weight excluding hydrogens is 234 g/mol. The van der Waals surface area contributed by atoms with Gasteiger partial charge in [0.1, 0.15) is 0 Å². The third-order valence-corrected chi connectivity index (χ3v) is 5.52. The Kier molecular flexibility index (Phi) is 5.67. The normalized spacial score (nSPS) is 35.8. The summed E-state index contributed by atoms with van der Waals surface area (Å²) < 4.78 is 0. The number of hydrogen-bond donors (Lipinski definition) is 1. The van der Waals surface area contributed by atoms with Gasteiger partial charge in [-0.2, -0.15) is 0 Å². The molecule has 2 saturated heterocycles. The van der Waals surface area contributed by atoms with Gasteiger partial charge in [0.15, 0.2) is 0 Å². The van der Waals surface area contributed by atoms with Crippen LogP contribution < -0.4 is 5.73 Å². The first-order chi connectivity index (χ1) is 9.20. The Hall–Kier alpha value is -0.120. The monoisotopic (exact) mass is 267 g/mol. The molecule has 2 N–H and O–H groups in total. The highest BCUT2D eigenvalue weighted by Crippen LogP contribution is 2.31. The molecule has 2 aliphatic heterocycles. The van der Waals surface area contributed by atoms with E-state index in [9.17, 15) is 0 Å². The van der Waals surface area contributed by atoms with E-state index in [1.807, 2.05) is 0 Å². The van der Waals surface area contributed by atoms with Gasteiger partial charge in [-0.3, -0.25) is 4.90 Å². The van der Waals surface area contributed by atoms with Crippen molar-refractivity contribution in [3.8, 4) is 0 Å². The van der Waals surface area contributed by atoms with Crippen LogP contribution in [0.5, 0.6) is 0 Å². The van der Waals surface area contributed by atoms with E-state index >= 15 is 0 Å².